The molecule has 1 fully saturated rings. The van der Waals surface area contributed by atoms with E-state index in [9.17, 15) is 13.5 Å². The Balaban J connectivity index is 1.43. The molecule has 2 heterocycles. The zero-order valence-electron chi connectivity index (χ0n) is 16.8. The van der Waals surface area contributed by atoms with Gasteiger partial charge in [0.1, 0.15) is 0 Å². The summed E-state index contributed by atoms with van der Waals surface area (Å²) in [5, 5.41) is 19.5. The van der Waals surface area contributed by atoms with Gasteiger partial charge in [-0.25, -0.2) is 4.31 Å². The standard InChI is InChI=1S/C20H25N5O4S/c1-24-11-15(10-21-24)25(12-16-3-2-8-29-16)30(27,28)23-20(26)22-19-17-6-4-13(17)9-14-5-7-18(14)19/h9-11,16H,2-8,12H2,1H3,(H2,22,23,26)/p-1/t16-/m0/s1. The van der Waals surface area contributed by atoms with Crippen LogP contribution < -0.4 is 14.7 Å². The van der Waals surface area contributed by atoms with E-state index < -0.39 is 16.2 Å². The first-order valence-corrected chi connectivity index (χ1v) is 11.6. The maximum atomic E-state index is 13.1. The average molecular weight is 431 g/mol. The molecule has 0 radical (unpaired) electrons. The minimum absolute atomic E-state index is 0.0982. The van der Waals surface area contributed by atoms with E-state index in [2.05, 4.69) is 20.9 Å². The van der Waals surface area contributed by atoms with Crippen molar-refractivity contribution in [2.75, 3.05) is 22.8 Å². The molecule has 30 heavy (non-hydrogen) atoms. The summed E-state index contributed by atoms with van der Waals surface area (Å²) in [6.45, 7) is 0.703. The van der Waals surface area contributed by atoms with Crippen LogP contribution in [0.1, 0.15) is 35.1 Å². The summed E-state index contributed by atoms with van der Waals surface area (Å²) in [7, 11) is -2.56. The van der Waals surface area contributed by atoms with E-state index >= 15 is 0 Å². The molecule has 160 valence electrons. The van der Waals surface area contributed by atoms with Crippen LogP contribution in [0.3, 0.4) is 0 Å². The predicted molar refractivity (Wildman–Crippen MR) is 111 cm³/mol. The van der Waals surface area contributed by atoms with E-state index in [0.29, 0.717) is 12.3 Å². The smallest absolute Gasteiger partial charge is 0.345 e. The third-order valence-electron chi connectivity index (χ3n) is 6.10. The lowest BCUT2D eigenvalue weighted by molar-refractivity contribution is -0.213. The molecular weight excluding hydrogens is 406 g/mol. The Hall–Kier alpha value is -2.59. The number of benzene rings is 1. The predicted octanol–water partition coefficient (Wildman–Crippen LogP) is 0.676. The van der Waals surface area contributed by atoms with Crippen molar-refractivity contribution in [1.82, 2.24) is 9.78 Å². The fourth-order valence-electron chi connectivity index (χ4n) is 4.35. The van der Waals surface area contributed by atoms with Crippen LogP contribution in [-0.4, -0.2) is 43.5 Å². The highest BCUT2D eigenvalue weighted by Gasteiger charge is 2.30. The summed E-state index contributed by atoms with van der Waals surface area (Å²) in [4.78, 5) is 0. The van der Waals surface area contributed by atoms with Crippen molar-refractivity contribution < 1.29 is 18.3 Å². The number of aromatic nitrogens is 2. The second kappa shape index (κ2) is 7.28. The molecule has 1 N–H and O–H groups in total. The Labute approximate surface area is 175 Å². The quantitative estimate of drug-likeness (QED) is 0.533. The van der Waals surface area contributed by atoms with Gasteiger partial charge in [-0.3, -0.25) is 4.68 Å². The molecule has 9 nitrogen and oxygen atoms in total. The normalized spacial score (nSPS) is 20.2. The number of hydrogen-bond acceptors (Lipinski definition) is 5. The summed E-state index contributed by atoms with van der Waals surface area (Å²) >= 11 is 0. The zero-order chi connectivity index (χ0) is 20.9. The third kappa shape index (κ3) is 3.43. The fourth-order valence-corrected chi connectivity index (χ4v) is 5.42. The molecule has 0 spiro atoms. The van der Waals surface area contributed by atoms with Gasteiger partial charge in [0.25, 0.3) is 0 Å². The number of amidine groups is 1. The summed E-state index contributed by atoms with van der Waals surface area (Å²) < 4.78 is 37.9. The van der Waals surface area contributed by atoms with Crippen LogP contribution in [0.5, 0.6) is 0 Å². The van der Waals surface area contributed by atoms with Crippen LogP contribution in [0.2, 0.25) is 0 Å². The summed E-state index contributed by atoms with van der Waals surface area (Å²) in [6.07, 6.45) is 8.23. The number of hydrogen-bond donors (Lipinski definition) is 1. The van der Waals surface area contributed by atoms with E-state index in [-0.39, 0.29) is 12.6 Å². The lowest BCUT2D eigenvalue weighted by Gasteiger charge is -2.33. The fraction of sp³-hybridized carbons (Fsp3) is 0.500. The van der Waals surface area contributed by atoms with E-state index in [4.69, 9.17) is 4.74 Å². The van der Waals surface area contributed by atoms with Crippen molar-refractivity contribution in [2.24, 2.45) is 11.4 Å². The Kier molecular flexibility index (Phi) is 4.70. The van der Waals surface area contributed by atoms with Gasteiger partial charge in [-0.2, -0.15) is 13.5 Å². The number of anilines is 2. The van der Waals surface area contributed by atoms with Gasteiger partial charge in [-0.1, -0.05) is 6.07 Å². The van der Waals surface area contributed by atoms with Crippen molar-refractivity contribution >= 4 is 27.6 Å². The van der Waals surface area contributed by atoms with E-state index in [0.717, 1.165) is 59.6 Å². The van der Waals surface area contributed by atoms with Gasteiger partial charge in [0.15, 0.2) is 0 Å². The lowest BCUT2D eigenvalue weighted by Crippen LogP contribution is -2.39. The molecule has 1 aromatic heterocycles. The van der Waals surface area contributed by atoms with Crippen molar-refractivity contribution in [3.05, 3.63) is 40.7 Å². The van der Waals surface area contributed by atoms with Crippen LogP contribution in [0.4, 0.5) is 11.4 Å². The van der Waals surface area contributed by atoms with Gasteiger partial charge < -0.3 is 15.2 Å². The van der Waals surface area contributed by atoms with E-state index in [1.54, 1.807) is 13.2 Å². The minimum Gasteiger partial charge on any atom is -0.845 e. The number of rotatable bonds is 6. The molecule has 3 aliphatic rings. The van der Waals surface area contributed by atoms with E-state index in [1.807, 2.05) is 0 Å². The Bertz CT molecular complexity index is 1090. The maximum Gasteiger partial charge on any atom is 0.345 e. The Morgan fingerprint density at radius 2 is 2.07 bits per heavy atom. The minimum atomic E-state index is -4.27. The number of nitrogens with zero attached hydrogens (tertiary/aromatic N) is 4. The highest BCUT2D eigenvalue weighted by atomic mass is 32.2. The molecule has 0 bridgehead atoms. The molecule has 1 aromatic carbocycles. The van der Waals surface area contributed by atoms with Crippen molar-refractivity contribution in [3.63, 3.8) is 0 Å². The van der Waals surface area contributed by atoms with Gasteiger partial charge in [0, 0.05) is 25.5 Å². The average Bonchev–Trinajstić information content (AvgIpc) is 3.27. The largest absolute Gasteiger partial charge is 0.845 e. The second-order valence-corrected chi connectivity index (χ2v) is 9.58. The van der Waals surface area contributed by atoms with Gasteiger partial charge in [-0.15, -0.1) is 4.40 Å². The highest BCUT2D eigenvalue weighted by molar-refractivity contribution is 7.91. The number of nitrogens with one attached hydrogen (secondary N) is 1. The summed E-state index contributed by atoms with van der Waals surface area (Å²) in [5.74, 6) is 0. The summed E-state index contributed by atoms with van der Waals surface area (Å²) in [6, 6.07) is 1.33. The first-order valence-electron chi connectivity index (χ1n) is 10.2. The molecule has 5 rings (SSSR count). The zero-order valence-corrected chi connectivity index (χ0v) is 17.6. The number of aryl methyl sites for hydroxylation is 3. The highest BCUT2D eigenvalue weighted by Crippen LogP contribution is 2.40. The molecule has 2 aromatic rings. The van der Waals surface area contributed by atoms with Gasteiger partial charge in [0.05, 0.1) is 30.6 Å². The van der Waals surface area contributed by atoms with Crippen LogP contribution in [0.15, 0.2) is 22.9 Å². The van der Waals surface area contributed by atoms with Crippen LogP contribution in [0, 0.1) is 0 Å². The molecule has 2 aliphatic carbocycles. The first-order chi connectivity index (χ1) is 14.4. The second-order valence-electron chi connectivity index (χ2n) is 8.06. The van der Waals surface area contributed by atoms with E-state index in [1.165, 1.54) is 22.0 Å². The Morgan fingerprint density at radius 1 is 1.33 bits per heavy atom. The number of fused-ring (bicyclic) bond motifs is 2. The van der Waals surface area contributed by atoms with Crippen molar-refractivity contribution in [1.29, 1.82) is 0 Å². The van der Waals surface area contributed by atoms with Gasteiger partial charge >= 0.3 is 10.2 Å². The monoisotopic (exact) mass is 430 g/mol. The molecule has 1 aliphatic heterocycles. The van der Waals surface area contributed by atoms with Crippen LogP contribution in [0.25, 0.3) is 0 Å². The molecular formula is C20H24N5O4S-. The molecule has 0 saturated carbocycles. The van der Waals surface area contributed by atoms with Crippen molar-refractivity contribution in [3.8, 4) is 0 Å². The van der Waals surface area contributed by atoms with Gasteiger partial charge in [0.2, 0.25) is 0 Å². The maximum absolute atomic E-state index is 13.1. The van der Waals surface area contributed by atoms with Crippen LogP contribution >= 0.6 is 0 Å². The summed E-state index contributed by atoms with van der Waals surface area (Å²) in [5.41, 5.74) is 5.81. The molecule has 1 saturated heterocycles. The third-order valence-corrected chi connectivity index (χ3v) is 7.41. The van der Waals surface area contributed by atoms with Gasteiger partial charge in [-0.05, 0) is 60.8 Å². The Morgan fingerprint density at radius 3 is 2.60 bits per heavy atom. The van der Waals surface area contributed by atoms with Crippen LogP contribution in [-0.2, 0) is 47.7 Å². The molecule has 0 amide bonds. The first kappa shape index (κ1) is 19.4. The molecule has 1 atom stereocenters. The van der Waals surface area contributed by atoms with Crippen molar-refractivity contribution in [2.45, 2.75) is 44.6 Å². The lowest BCUT2D eigenvalue weighted by atomic mass is 9.76. The topological polar surface area (TPSA) is 112 Å². The molecule has 10 heteroatoms. The SMILES string of the molecule is Cn1cc(N(C[C@@H]2CCCO2)S(=O)(=O)/N=C(\[O-])Nc2c3c(cc4c2CC4)CC3)cn1. The number of ether oxygens (including phenoxy) is 1. The molecule has 0 unspecified atom stereocenters.